The van der Waals surface area contributed by atoms with Gasteiger partial charge in [0.1, 0.15) is 12.4 Å². The minimum atomic E-state index is -0.622. The number of fused-ring (bicyclic) bond motifs is 6. The summed E-state index contributed by atoms with van der Waals surface area (Å²) in [6, 6.07) is 0. The van der Waals surface area contributed by atoms with Crippen LogP contribution in [0.5, 0.6) is 0 Å². The Kier molecular flexibility index (Phi) is 6.62. The van der Waals surface area contributed by atoms with E-state index in [-0.39, 0.29) is 28.8 Å². The molecule has 208 valence electrons. The lowest BCUT2D eigenvalue weighted by Crippen LogP contribution is -2.58. The zero-order valence-corrected chi connectivity index (χ0v) is 24.8. The summed E-state index contributed by atoms with van der Waals surface area (Å²) in [4.78, 5) is 24.5. The third-order valence-corrected chi connectivity index (χ3v) is 13.4. The van der Waals surface area contributed by atoms with Crippen LogP contribution in [0.4, 0.5) is 0 Å². The molecule has 0 radical (unpaired) electrons. The largest absolute Gasteiger partial charge is 0.462 e. The number of hydrogen-bond donors (Lipinski definition) is 0. The van der Waals surface area contributed by atoms with Crippen LogP contribution in [0.1, 0.15) is 113 Å². The average molecular weight is 513 g/mol. The molecule has 0 aliphatic heterocycles. The molecule has 0 bridgehead atoms. The average Bonchev–Trinajstić information content (AvgIpc) is 2.98. The van der Waals surface area contributed by atoms with E-state index in [1.807, 2.05) is 7.11 Å². The van der Waals surface area contributed by atoms with E-state index in [9.17, 15) is 9.59 Å². The monoisotopic (exact) mass is 512 g/mol. The van der Waals surface area contributed by atoms with Crippen molar-refractivity contribution in [3.63, 3.8) is 0 Å². The summed E-state index contributed by atoms with van der Waals surface area (Å²) >= 11 is 0. The van der Waals surface area contributed by atoms with Crippen molar-refractivity contribution in [1.29, 1.82) is 0 Å². The van der Waals surface area contributed by atoms with Crippen molar-refractivity contribution >= 4 is 12.3 Å². The summed E-state index contributed by atoms with van der Waals surface area (Å²) in [5.74, 6) is 1.90. The Hall–Kier alpha value is -1.16. The molecule has 0 spiro atoms. The van der Waals surface area contributed by atoms with E-state index in [0.29, 0.717) is 28.8 Å². The second kappa shape index (κ2) is 8.93. The molecule has 0 amide bonds. The predicted molar refractivity (Wildman–Crippen MR) is 147 cm³/mol. The third kappa shape index (κ3) is 3.85. The number of esters is 1. The number of carbonyl (C=O) groups is 2. The molecule has 0 N–H and O–H groups in total. The van der Waals surface area contributed by atoms with Gasteiger partial charge in [-0.1, -0.05) is 46.3 Å². The Labute approximate surface area is 225 Å². The number of hydrogen-bond acceptors (Lipinski definition) is 4. The summed E-state index contributed by atoms with van der Waals surface area (Å²) in [7, 11) is 1.91. The summed E-state index contributed by atoms with van der Waals surface area (Å²) < 4.78 is 11.8. The molecular formula is C33H52O4. The molecule has 10 unspecified atom stereocenters. The molecule has 5 rings (SSSR count). The first kappa shape index (κ1) is 27.4. The number of carbonyl (C=O) groups excluding carboxylic acids is 2. The highest BCUT2D eigenvalue weighted by molar-refractivity contribution is 5.68. The van der Waals surface area contributed by atoms with Gasteiger partial charge in [0.15, 0.2) is 0 Å². The smallest absolute Gasteiger partial charge is 0.302 e. The maximum Gasteiger partial charge on any atom is 0.302 e. The minimum absolute atomic E-state index is 0.0769. The molecule has 4 fully saturated rings. The topological polar surface area (TPSA) is 52.6 Å². The van der Waals surface area contributed by atoms with E-state index in [1.165, 1.54) is 51.9 Å². The quantitative estimate of drug-likeness (QED) is 0.223. The number of methoxy groups -OCH3 is 1. The first-order chi connectivity index (χ1) is 17.3. The van der Waals surface area contributed by atoms with Gasteiger partial charge < -0.3 is 14.3 Å². The van der Waals surface area contributed by atoms with Gasteiger partial charge in [-0.25, -0.2) is 0 Å². The fraction of sp³-hybridized carbons (Fsp3) is 0.879. The van der Waals surface area contributed by atoms with Crippen LogP contribution < -0.4 is 0 Å². The number of rotatable bonds is 3. The normalized spacial score (nSPS) is 50.8. The van der Waals surface area contributed by atoms with E-state index in [1.54, 1.807) is 5.57 Å². The number of ether oxygens (including phenoxy) is 2. The van der Waals surface area contributed by atoms with Crippen LogP contribution in [0.15, 0.2) is 11.6 Å². The van der Waals surface area contributed by atoms with Gasteiger partial charge in [0.05, 0.1) is 11.5 Å². The van der Waals surface area contributed by atoms with Crippen molar-refractivity contribution in [2.45, 2.75) is 125 Å². The first-order valence-corrected chi connectivity index (χ1v) is 15.1. The molecule has 5 aliphatic rings. The Balaban J connectivity index is 1.48. The van der Waals surface area contributed by atoms with Crippen molar-refractivity contribution in [2.24, 2.45) is 50.7 Å². The zero-order chi connectivity index (χ0) is 27.0. The van der Waals surface area contributed by atoms with Crippen LogP contribution in [0.25, 0.3) is 0 Å². The highest BCUT2D eigenvalue weighted by atomic mass is 16.5. The number of allylic oxidation sites excluding steroid dienone is 2. The van der Waals surface area contributed by atoms with E-state index < -0.39 is 5.41 Å². The Bertz CT molecular complexity index is 967. The first-order valence-electron chi connectivity index (χ1n) is 15.1. The van der Waals surface area contributed by atoms with Crippen LogP contribution in [-0.2, 0) is 19.1 Å². The van der Waals surface area contributed by atoms with E-state index in [0.717, 1.165) is 31.5 Å². The van der Waals surface area contributed by atoms with Gasteiger partial charge in [-0.15, -0.1) is 0 Å². The lowest BCUT2D eigenvalue weighted by Gasteiger charge is -2.64. The highest BCUT2D eigenvalue weighted by Gasteiger charge is 2.64. The second-order valence-corrected chi connectivity index (χ2v) is 15.4. The Morgan fingerprint density at radius 2 is 1.54 bits per heavy atom. The van der Waals surface area contributed by atoms with Crippen molar-refractivity contribution in [1.82, 2.24) is 0 Å². The van der Waals surface area contributed by atoms with Gasteiger partial charge in [-0.05, 0) is 116 Å². The van der Waals surface area contributed by atoms with Crippen molar-refractivity contribution in [2.75, 3.05) is 7.11 Å². The van der Waals surface area contributed by atoms with Crippen LogP contribution >= 0.6 is 0 Å². The van der Waals surface area contributed by atoms with Gasteiger partial charge in [0.25, 0.3) is 0 Å². The molecule has 37 heavy (non-hydrogen) atoms. The summed E-state index contributed by atoms with van der Waals surface area (Å²) in [6.45, 7) is 16.2. The molecule has 4 nitrogen and oxygen atoms in total. The van der Waals surface area contributed by atoms with Crippen LogP contribution in [0, 0.1) is 50.7 Å². The summed E-state index contributed by atoms with van der Waals surface area (Å²) in [5, 5.41) is 0. The molecule has 4 heteroatoms. The molecule has 0 aromatic carbocycles. The Morgan fingerprint density at radius 3 is 2.19 bits per heavy atom. The molecule has 4 saturated carbocycles. The van der Waals surface area contributed by atoms with Crippen molar-refractivity contribution < 1.29 is 19.1 Å². The maximum absolute atomic E-state index is 12.6. The SMILES string of the molecule is COC1CCC2(C)C3CCC4C(=CCC5C(C)(C=O)C(OC(C)=O)CCC45C)CC3(C)CCC2C1(C)C. The molecule has 0 heterocycles. The molecule has 0 aromatic heterocycles. The molecule has 5 aliphatic carbocycles. The van der Waals surface area contributed by atoms with Crippen LogP contribution in [-0.4, -0.2) is 31.6 Å². The van der Waals surface area contributed by atoms with Gasteiger partial charge in [-0.3, -0.25) is 4.79 Å². The molecular weight excluding hydrogens is 460 g/mol. The molecule has 0 aromatic rings. The van der Waals surface area contributed by atoms with Gasteiger partial charge in [0, 0.05) is 14.0 Å². The second-order valence-electron chi connectivity index (χ2n) is 15.4. The number of aldehydes is 1. The van der Waals surface area contributed by atoms with Crippen LogP contribution in [0.3, 0.4) is 0 Å². The minimum Gasteiger partial charge on any atom is -0.462 e. The highest BCUT2D eigenvalue weighted by Crippen LogP contribution is 2.70. The van der Waals surface area contributed by atoms with E-state index in [4.69, 9.17) is 9.47 Å². The van der Waals surface area contributed by atoms with E-state index in [2.05, 4.69) is 47.6 Å². The molecule has 0 saturated heterocycles. The lowest BCUT2D eigenvalue weighted by atomic mass is 9.42. The summed E-state index contributed by atoms with van der Waals surface area (Å²) in [5.41, 5.74) is 2.03. The van der Waals surface area contributed by atoms with Crippen molar-refractivity contribution in [3.8, 4) is 0 Å². The zero-order valence-electron chi connectivity index (χ0n) is 24.8. The van der Waals surface area contributed by atoms with Gasteiger partial charge in [0.2, 0.25) is 0 Å². The Morgan fingerprint density at radius 1 is 0.865 bits per heavy atom. The molecule has 10 atom stereocenters. The van der Waals surface area contributed by atoms with Crippen LogP contribution in [0.2, 0.25) is 0 Å². The standard InChI is InChI=1S/C33H52O4/c1-21(35)37-28-15-17-31(5)23-10-12-25-30(4,19-22(23)9-11-26(31)33(28,7)20-34)16-13-24-29(2,3)27(36-8)14-18-32(24,25)6/h9,20,23-28H,10-19H2,1-8H3. The maximum atomic E-state index is 12.6. The van der Waals surface area contributed by atoms with Gasteiger partial charge in [-0.2, -0.15) is 0 Å². The van der Waals surface area contributed by atoms with Crippen molar-refractivity contribution in [3.05, 3.63) is 11.6 Å². The van der Waals surface area contributed by atoms with E-state index >= 15 is 0 Å². The summed E-state index contributed by atoms with van der Waals surface area (Å²) in [6.07, 6.45) is 15.2. The lowest BCUT2D eigenvalue weighted by molar-refractivity contribution is -0.178. The predicted octanol–water partition coefficient (Wildman–Crippen LogP) is 7.54. The van der Waals surface area contributed by atoms with Gasteiger partial charge >= 0.3 is 5.97 Å². The third-order valence-electron chi connectivity index (χ3n) is 13.4. The fourth-order valence-electron chi connectivity index (χ4n) is 11.6. The fourth-order valence-corrected chi connectivity index (χ4v) is 11.6.